The van der Waals surface area contributed by atoms with Crippen molar-refractivity contribution in [3.63, 3.8) is 0 Å². The summed E-state index contributed by atoms with van der Waals surface area (Å²) >= 11 is 0. The van der Waals surface area contributed by atoms with Gasteiger partial charge in [0, 0.05) is 39.3 Å². The molecule has 8 nitrogen and oxygen atoms in total. The van der Waals surface area contributed by atoms with Crippen LogP contribution in [0, 0.1) is 0 Å². The maximum absolute atomic E-state index is 11.4. The third-order valence-electron chi connectivity index (χ3n) is 3.75. The second-order valence-electron chi connectivity index (χ2n) is 5.31. The Hall–Kier alpha value is -2.77. The Morgan fingerprint density at radius 1 is 1.26 bits per heavy atom. The summed E-state index contributed by atoms with van der Waals surface area (Å²) < 4.78 is 0. The van der Waals surface area contributed by atoms with Gasteiger partial charge in [-0.1, -0.05) is 6.07 Å². The van der Waals surface area contributed by atoms with Crippen molar-refractivity contribution in [2.45, 2.75) is 13.5 Å². The molecule has 0 aromatic carbocycles. The van der Waals surface area contributed by atoms with E-state index in [9.17, 15) is 4.79 Å². The second kappa shape index (κ2) is 6.99. The zero-order valence-corrected chi connectivity index (χ0v) is 13.0. The molecule has 1 aliphatic rings. The third-order valence-corrected chi connectivity index (χ3v) is 3.75. The Balaban J connectivity index is 1.60. The van der Waals surface area contributed by atoms with Crippen molar-refractivity contribution >= 4 is 17.7 Å². The molecule has 0 aliphatic carbocycles. The SMILES string of the molecule is CC(=O)N1CCN(c2cnnc(NCc3ccccn3)n2)CC1. The zero-order valence-electron chi connectivity index (χ0n) is 13.0. The molecule has 1 N–H and O–H groups in total. The summed E-state index contributed by atoms with van der Waals surface area (Å²) in [6.45, 7) is 5.05. The van der Waals surface area contributed by atoms with Crippen LogP contribution in [0.2, 0.25) is 0 Å². The van der Waals surface area contributed by atoms with Gasteiger partial charge in [-0.2, -0.15) is 10.1 Å². The first-order valence-electron chi connectivity index (χ1n) is 7.56. The normalized spacial score (nSPS) is 14.7. The van der Waals surface area contributed by atoms with E-state index in [-0.39, 0.29) is 5.91 Å². The van der Waals surface area contributed by atoms with Gasteiger partial charge in [0.25, 0.3) is 0 Å². The van der Waals surface area contributed by atoms with Crippen LogP contribution < -0.4 is 10.2 Å². The van der Waals surface area contributed by atoms with Crippen LogP contribution in [0.25, 0.3) is 0 Å². The molecule has 2 aromatic rings. The maximum atomic E-state index is 11.4. The molecule has 2 aromatic heterocycles. The van der Waals surface area contributed by atoms with Gasteiger partial charge >= 0.3 is 0 Å². The Labute approximate surface area is 134 Å². The van der Waals surface area contributed by atoms with Gasteiger partial charge in [0.1, 0.15) is 0 Å². The first kappa shape index (κ1) is 15.1. The van der Waals surface area contributed by atoms with Gasteiger partial charge in [-0.3, -0.25) is 9.78 Å². The number of carbonyl (C=O) groups is 1. The van der Waals surface area contributed by atoms with Crippen LogP contribution in [0.3, 0.4) is 0 Å². The third kappa shape index (κ3) is 3.91. The standard InChI is InChI=1S/C15H19N7O/c1-12(23)21-6-8-22(9-7-21)14-11-18-20-15(19-14)17-10-13-4-2-3-5-16-13/h2-5,11H,6-10H2,1H3,(H,17,19,20). The van der Waals surface area contributed by atoms with Crippen molar-refractivity contribution in [3.8, 4) is 0 Å². The maximum Gasteiger partial charge on any atom is 0.245 e. The number of rotatable bonds is 4. The first-order chi connectivity index (χ1) is 11.2. The molecular formula is C15H19N7O. The second-order valence-corrected chi connectivity index (χ2v) is 5.31. The van der Waals surface area contributed by atoms with Gasteiger partial charge < -0.3 is 15.1 Å². The minimum absolute atomic E-state index is 0.114. The van der Waals surface area contributed by atoms with Crippen molar-refractivity contribution < 1.29 is 4.79 Å². The number of aromatic nitrogens is 4. The Kier molecular flexibility index (Phi) is 4.60. The lowest BCUT2D eigenvalue weighted by atomic mass is 10.3. The fraction of sp³-hybridized carbons (Fsp3) is 0.400. The smallest absolute Gasteiger partial charge is 0.245 e. The van der Waals surface area contributed by atoms with Gasteiger partial charge in [0.05, 0.1) is 18.4 Å². The highest BCUT2D eigenvalue weighted by molar-refractivity contribution is 5.73. The fourth-order valence-electron chi connectivity index (χ4n) is 2.44. The van der Waals surface area contributed by atoms with Crippen LogP contribution in [-0.2, 0) is 11.3 Å². The summed E-state index contributed by atoms with van der Waals surface area (Å²) in [6, 6.07) is 5.75. The Morgan fingerprint density at radius 3 is 2.78 bits per heavy atom. The van der Waals surface area contributed by atoms with Gasteiger partial charge in [-0.05, 0) is 12.1 Å². The van der Waals surface area contributed by atoms with Crippen LogP contribution in [0.5, 0.6) is 0 Å². The molecule has 3 heterocycles. The van der Waals surface area contributed by atoms with Crippen LogP contribution in [-0.4, -0.2) is 57.2 Å². The number of amides is 1. The summed E-state index contributed by atoms with van der Waals surface area (Å²) in [7, 11) is 0. The van der Waals surface area contributed by atoms with Crippen molar-refractivity contribution in [2.24, 2.45) is 0 Å². The van der Waals surface area contributed by atoms with Crippen LogP contribution in [0.4, 0.5) is 11.8 Å². The van der Waals surface area contributed by atoms with Gasteiger partial charge in [0.15, 0.2) is 5.82 Å². The molecule has 1 fully saturated rings. The molecule has 0 saturated carbocycles. The fourth-order valence-corrected chi connectivity index (χ4v) is 2.44. The van der Waals surface area contributed by atoms with E-state index < -0.39 is 0 Å². The molecule has 1 aliphatic heterocycles. The molecule has 1 saturated heterocycles. The summed E-state index contributed by atoms with van der Waals surface area (Å²) in [6.07, 6.45) is 3.40. The van der Waals surface area contributed by atoms with E-state index in [0.29, 0.717) is 25.6 Å². The number of piperazine rings is 1. The number of carbonyl (C=O) groups excluding carboxylic acids is 1. The van der Waals surface area contributed by atoms with Crippen molar-refractivity contribution in [1.82, 2.24) is 25.1 Å². The molecule has 120 valence electrons. The van der Waals surface area contributed by atoms with E-state index in [0.717, 1.165) is 24.6 Å². The van der Waals surface area contributed by atoms with Crippen LogP contribution >= 0.6 is 0 Å². The molecule has 8 heteroatoms. The average molecular weight is 313 g/mol. The average Bonchev–Trinajstić information content (AvgIpc) is 2.61. The zero-order chi connectivity index (χ0) is 16.1. The van der Waals surface area contributed by atoms with Crippen molar-refractivity contribution in [3.05, 3.63) is 36.3 Å². The highest BCUT2D eigenvalue weighted by Gasteiger charge is 2.20. The summed E-state index contributed by atoms with van der Waals surface area (Å²) in [5, 5.41) is 11.1. The van der Waals surface area contributed by atoms with E-state index in [1.807, 2.05) is 23.1 Å². The first-order valence-corrected chi connectivity index (χ1v) is 7.56. The molecule has 1 amide bonds. The molecular weight excluding hydrogens is 294 g/mol. The van der Waals surface area contributed by atoms with Crippen molar-refractivity contribution in [1.29, 1.82) is 0 Å². The van der Waals surface area contributed by atoms with Crippen LogP contribution in [0.1, 0.15) is 12.6 Å². The molecule has 0 radical (unpaired) electrons. The number of hydrogen-bond donors (Lipinski definition) is 1. The summed E-state index contributed by atoms with van der Waals surface area (Å²) in [5.41, 5.74) is 0.913. The quantitative estimate of drug-likeness (QED) is 0.882. The number of nitrogens with one attached hydrogen (secondary N) is 1. The number of nitrogens with zero attached hydrogens (tertiary/aromatic N) is 6. The monoisotopic (exact) mass is 313 g/mol. The highest BCUT2D eigenvalue weighted by atomic mass is 16.2. The summed E-state index contributed by atoms with van der Waals surface area (Å²) in [5.74, 6) is 1.36. The molecule has 0 spiro atoms. The molecule has 3 rings (SSSR count). The topological polar surface area (TPSA) is 87.1 Å². The number of anilines is 2. The molecule has 0 unspecified atom stereocenters. The van der Waals surface area contributed by atoms with Crippen molar-refractivity contribution in [2.75, 3.05) is 36.4 Å². The molecule has 0 atom stereocenters. The van der Waals surface area contributed by atoms with E-state index >= 15 is 0 Å². The number of hydrogen-bond acceptors (Lipinski definition) is 7. The van der Waals surface area contributed by atoms with E-state index in [1.54, 1.807) is 19.3 Å². The molecule has 23 heavy (non-hydrogen) atoms. The lowest BCUT2D eigenvalue weighted by Crippen LogP contribution is -2.48. The number of pyridine rings is 1. The van der Waals surface area contributed by atoms with Crippen LogP contribution in [0.15, 0.2) is 30.6 Å². The predicted octanol–water partition coefficient (Wildman–Crippen LogP) is 0.547. The lowest BCUT2D eigenvalue weighted by molar-refractivity contribution is -0.129. The Morgan fingerprint density at radius 2 is 2.09 bits per heavy atom. The molecule has 0 bridgehead atoms. The minimum atomic E-state index is 0.114. The van der Waals surface area contributed by atoms with E-state index in [4.69, 9.17) is 0 Å². The van der Waals surface area contributed by atoms with E-state index in [1.165, 1.54) is 0 Å². The summed E-state index contributed by atoms with van der Waals surface area (Å²) in [4.78, 5) is 24.1. The lowest BCUT2D eigenvalue weighted by Gasteiger charge is -2.34. The minimum Gasteiger partial charge on any atom is -0.352 e. The van der Waals surface area contributed by atoms with Gasteiger partial charge in [0.2, 0.25) is 11.9 Å². The Bertz CT molecular complexity index is 656. The van der Waals surface area contributed by atoms with Gasteiger partial charge in [-0.25, -0.2) is 0 Å². The van der Waals surface area contributed by atoms with Gasteiger partial charge in [-0.15, -0.1) is 5.10 Å². The highest BCUT2D eigenvalue weighted by Crippen LogP contribution is 2.14. The van der Waals surface area contributed by atoms with E-state index in [2.05, 4.69) is 30.4 Å². The predicted molar refractivity (Wildman–Crippen MR) is 85.9 cm³/mol. The largest absolute Gasteiger partial charge is 0.352 e.